The molecule has 132 valence electrons. The third-order valence-electron chi connectivity index (χ3n) is 4.76. The van der Waals surface area contributed by atoms with Gasteiger partial charge in [-0.05, 0) is 38.1 Å². The van der Waals surface area contributed by atoms with Gasteiger partial charge in [0.05, 0.1) is 12.3 Å². The number of rotatable bonds is 5. The summed E-state index contributed by atoms with van der Waals surface area (Å²) in [5.41, 5.74) is 4.06. The second-order valence-electron chi connectivity index (χ2n) is 6.69. The fourth-order valence-corrected chi connectivity index (χ4v) is 3.33. The first kappa shape index (κ1) is 17.5. The highest BCUT2D eigenvalue weighted by Crippen LogP contribution is 2.28. The van der Waals surface area contributed by atoms with Crippen LogP contribution in [0.25, 0.3) is 11.1 Å². The van der Waals surface area contributed by atoms with Gasteiger partial charge < -0.3 is 9.64 Å². The van der Waals surface area contributed by atoms with Crippen LogP contribution < -0.4 is 5.32 Å². The van der Waals surface area contributed by atoms with Crippen molar-refractivity contribution in [2.45, 2.75) is 20.3 Å². The first-order valence-electron chi connectivity index (χ1n) is 8.98. The second-order valence-corrected chi connectivity index (χ2v) is 6.69. The van der Waals surface area contributed by atoms with Crippen LogP contribution in [0.1, 0.15) is 18.9 Å². The van der Waals surface area contributed by atoms with E-state index >= 15 is 0 Å². The summed E-state index contributed by atoms with van der Waals surface area (Å²) in [6.45, 7) is 7.89. The predicted octanol–water partition coefficient (Wildman–Crippen LogP) is 4.55. The van der Waals surface area contributed by atoms with Gasteiger partial charge in [-0.15, -0.1) is 0 Å². The van der Waals surface area contributed by atoms with Crippen LogP contribution in [0.15, 0.2) is 48.5 Å². The van der Waals surface area contributed by atoms with Crippen LogP contribution in [-0.4, -0.2) is 37.2 Å². The van der Waals surface area contributed by atoms with Gasteiger partial charge >= 0.3 is 6.09 Å². The van der Waals surface area contributed by atoms with Crippen LogP contribution in [0.3, 0.4) is 0 Å². The monoisotopic (exact) mass is 338 g/mol. The van der Waals surface area contributed by atoms with Crippen LogP contribution in [0, 0.1) is 12.8 Å². The van der Waals surface area contributed by atoms with Gasteiger partial charge in [0.15, 0.2) is 0 Å². The van der Waals surface area contributed by atoms with Crippen LogP contribution in [0.2, 0.25) is 0 Å². The molecule has 0 aromatic heterocycles. The van der Waals surface area contributed by atoms with Gasteiger partial charge in [-0.1, -0.05) is 55.0 Å². The molecule has 0 bridgehead atoms. The maximum atomic E-state index is 12.2. The Morgan fingerprint density at radius 1 is 1.24 bits per heavy atom. The lowest BCUT2D eigenvalue weighted by Gasteiger charge is -2.15. The summed E-state index contributed by atoms with van der Waals surface area (Å²) in [7, 11) is 0. The normalized spacial score (nSPS) is 17.4. The van der Waals surface area contributed by atoms with Gasteiger partial charge in [-0.25, -0.2) is 4.79 Å². The highest BCUT2D eigenvalue weighted by Gasteiger charge is 2.22. The quantitative estimate of drug-likeness (QED) is 0.869. The minimum atomic E-state index is -0.380. The van der Waals surface area contributed by atoms with Crippen molar-refractivity contribution < 1.29 is 9.53 Å². The molecule has 1 heterocycles. The Morgan fingerprint density at radius 3 is 2.84 bits per heavy atom. The standard InChI is InChI=1S/C21H26N2O2/c1-3-23-12-11-17(14-23)15-25-21(24)22-20-10-5-4-9-19(20)18-8-6-7-16(2)13-18/h4-10,13,17H,3,11-12,14-15H2,1-2H3,(H,22,24)/t17-/m0/s1. The van der Waals surface area contributed by atoms with Gasteiger partial charge in [0.25, 0.3) is 0 Å². The average molecular weight is 338 g/mol. The lowest BCUT2D eigenvalue weighted by molar-refractivity contribution is 0.141. The van der Waals surface area contributed by atoms with Gasteiger partial charge in [0.1, 0.15) is 0 Å². The molecule has 0 spiro atoms. The highest BCUT2D eigenvalue weighted by atomic mass is 16.5. The van der Waals surface area contributed by atoms with Gasteiger partial charge in [0, 0.05) is 18.0 Å². The number of aryl methyl sites for hydroxylation is 1. The number of benzene rings is 2. The van der Waals surface area contributed by atoms with E-state index < -0.39 is 0 Å². The van der Waals surface area contributed by atoms with Crippen molar-refractivity contribution in [2.75, 3.05) is 31.6 Å². The van der Waals surface area contributed by atoms with Crippen LogP contribution in [0.4, 0.5) is 10.5 Å². The maximum Gasteiger partial charge on any atom is 0.411 e. The van der Waals surface area contributed by atoms with E-state index in [-0.39, 0.29) is 6.09 Å². The number of carbonyl (C=O) groups excluding carboxylic acids is 1. The SMILES string of the molecule is CCN1CC[C@H](COC(=O)Nc2ccccc2-c2cccc(C)c2)C1. The molecule has 1 N–H and O–H groups in total. The number of para-hydroxylation sites is 1. The summed E-state index contributed by atoms with van der Waals surface area (Å²) in [4.78, 5) is 14.6. The lowest BCUT2D eigenvalue weighted by Crippen LogP contribution is -2.23. The Hall–Kier alpha value is -2.33. The summed E-state index contributed by atoms with van der Waals surface area (Å²) in [5, 5.41) is 2.90. The van der Waals surface area contributed by atoms with E-state index in [1.807, 2.05) is 30.3 Å². The molecule has 0 saturated carbocycles. The molecule has 1 aliphatic rings. The van der Waals surface area contributed by atoms with E-state index in [2.05, 4.69) is 42.3 Å². The van der Waals surface area contributed by atoms with Crippen molar-refractivity contribution in [1.82, 2.24) is 4.90 Å². The number of amides is 1. The third-order valence-corrected chi connectivity index (χ3v) is 4.76. The molecular weight excluding hydrogens is 312 g/mol. The number of nitrogens with zero attached hydrogens (tertiary/aromatic N) is 1. The highest BCUT2D eigenvalue weighted by molar-refractivity contribution is 5.91. The summed E-state index contributed by atoms with van der Waals surface area (Å²) < 4.78 is 5.46. The Kier molecular flexibility index (Phi) is 5.71. The number of hydrogen-bond donors (Lipinski definition) is 1. The van der Waals surface area contributed by atoms with E-state index in [0.717, 1.165) is 42.9 Å². The van der Waals surface area contributed by atoms with Crippen molar-refractivity contribution in [3.8, 4) is 11.1 Å². The lowest BCUT2D eigenvalue weighted by atomic mass is 10.0. The van der Waals surface area contributed by atoms with Crippen LogP contribution in [0.5, 0.6) is 0 Å². The van der Waals surface area contributed by atoms with E-state index in [1.165, 1.54) is 5.56 Å². The van der Waals surface area contributed by atoms with Gasteiger partial charge in [0.2, 0.25) is 0 Å². The molecule has 2 aromatic carbocycles. The first-order chi connectivity index (χ1) is 12.2. The second kappa shape index (κ2) is 8.17. The molecule has 1 amide bonds. The molecule has 1 saturated heterocycles. The number of likely N-dealkylation sites (tertiary alicyclic amines) is 1. The molecular formula is C21H26N2O2. The van der Waals surface area contributed by atoms with Crippen molar-refractivity contribution in [3.05, 3.63) is 54.1 Å². The minimum Gasteiger partial charge on any atom is -0.449 e. The molecule has 4 nitrogen and oxygen atoms in total. The van der Waals surface area contributed by atoms with Gasteiger partial charge in [-0.2, -0.15) is 0 Å². The summed E-state index contributed by atoms with van der Waals surface area (Å²) >= 11 is 0. The molecule has 1 atom stereocenters. The molecule has 1 aliphatic heterocycles. The Labute approximate surface area is 149 Å². The molecule has 2 aromatic rings. The fraction of sp³-hybridized carbons (Fsp3) is 0.381. The summed E-state index contributed by atoms with van der Waals surface area (Å²) in [5.74, 6) is 0.442. The zero-order chi connectivity index (χ0) is 17.6. The van der Waals surface area contributed by atoms with Crippen LogP contribution >= 0.6 is 0 Å². The topological polar surface area (TPSA) is 41.6 Å². The molecule has 0 aliphatic carbocycles. The Balaban J connectivity index is 1.62. The van der Waals surface area contributed by atoms with Crippen molar-refractivity contribution in [3.63, 3.8) is 0 Å². The van der Waals surface area contributed by atoms with E-state index in [9.17, 15) is 4.79 Å². The van der Waals surface area contributed by atoms with Crippen molar-refractivity contribution in [1.29, 1.82) is 0 Å². The number of anilines is 1. The fourth-order valence-electron chi connectivity index (χ4n) is 3.33. The molecule has 3 rings (SSSR count). The predicted molar refractivity (Wildman–Crippen MR) is 102 cm³/mol. The number of hydrogen-bond acceptors (Lipinski definition) is 3. The summed E-state index contributed by atoms with van der Waals surface area (Å²) in [6.07, 6.45) is 0.719. The molecule has 0 radical (unpaired) electrons. The maximum absolute atomic E-state index is 12.2. The summed E-state index contributed by atoms with van der Waals surface area (Å²) in [6, 6.07) is 16.1. The molecule has 4 heteroatoms. The minimum absolute atomic E-state index is 0.380. The van der Waals surface area contributed by atoms with E-state index in [1.54, 1.807) is 0 Å². The Morgan fingerprint density at radius 2 is 2.08 bits per heavy atom. The zero-order valence-corrected chi connectivity index (χ0v) is 15.0. The van der Waals surface area contributed by atoms with Crippen molar-refractivity contribution >= 4 is 11.8 Å². The molecule has 0 unspecified atom stereocenters. The number of carbonyl (C=O) groups is 1. The largest absolute Gasteiger partial charge is 0.449 e. The van der Waals surface area contributed by atoms with Crippen molar-refractivity contribution in [2.24, 2.45) is 5.92 Å². The zero-order valence-electron chi connectivity index (χ0n) is 15.0. The third kappa shape index (κ3) is 4.60. The number of ether oxygens (including phenoxy) is 1. The molecule has 25 heavy (non-hydrogen) atoms. The van der Waals surface area contributed by atoms with E-state index in [0.29, 0.717) is 12.5 Å². The van der Waals surface area contributed by atoms with E-state index in [4.69, 9.17) is 4.74 Å². The number of nitrogens with one attached hydrogen (secondary N) is 1. The van der Waals surface area contributed by atoms with Crippen LogP contribution in [-0.2, 0) is 4.74 Å². The Bertz CT molecular complexity index is 729. The molecule has 1 fully saturated rings. The average Bonchev–Trinajstić information content (AvgIpc) is 3.09. The first-order valence-corrected chi connectivity index (χ1v) is 8.98. The van der Waals surface area contributed by atoms with Gasteiger partial charge in [-0.3, -0.25) is 5.32 Å². The smallest absolute Gasteiger partial charge is 0.411 e.